The molecular formula is C26H25N3O3. The molecule has 0 atom stereocenters. The Bertz CT molecular complexity index is 1240. The molecule has 0 saturated carbocycles. The van der Waals surface area contributed by atoms with E-state index in [1.54, 1.807) is 18.2 Å². The topological polar surface area (TPSA) is 77.1 Å². The molecule has 32 heavy (non-hydrogen) atoms. The van der Waals surface area contributed by atoms with Gasteiger partial charge < -0.3 is 9.67 Å². The summed E-state index contributed by atoms with van der Waals surface area (Å²) in [7, 11) is 0. The van der Waals surface area contributed by atoms with Gasteiger partial charge in [0.15, 0.2) is 0 Å². The smallest absolute Gasteiger partial charge is 0.335 e. The largest absolute Gasteiger partial charge is 0.478 e. The van der Waals surface area contributed by atoms with Gasteiger partial charge in [0.1, 0.15) is 0 Å². The van der Waals surface area contributed by atoms with Gasteiger partial charge in [-0.15, -0.1) is 0 Å². The molecule has 0 unspecified atom stereocenters. The number of nitrogens with zero attached hydrogens (tertiary/aromatic N) is 3. The zero-order chi connectivity index (χ0) is 22.5. The summed E-state index contributed by atoms with van der Waals surface area (Å²) in [6.07, 6.45) is 5.49. The number of aryl methyl sites for hydroxylation is 3. The predicted molar refractivity (Wildman–Crippen MR) is 122 cm³/mol. The second-order valence-electron chi connectivity index (χ2n) is 7.90. The predicted octanol–water partition coefficient (Wildman–Crippen LogP) is 4.60. The van der Waals surface area contributed by atoms with Crippen molar-refractivity contribution in [3.8, 4) is 0 Å². The molecule has 0 spiro atoms. The molecule has 4 rings (SSSR count). The summed E-state index contributed by atoms with van der Waals surface area (Å²) < 4.78 is 3.81. The van der Waals surface area contributed by atoms with Crippen LogP contribution >= 0.6 is 0 Å². The zero-order valence-corrected chi connectivity index (χ0v) is 17.9. The molecule has 6 nitrogen and oxygen atoms in total. The van der Waals surface area contributed by atoms with Crippen molar-refractivity contribution >= 4 is 11.8 Å². The third kappa shape index (κ3) is 5.03. The summed E-state index contributed by atoms with van der Waals surface area (Å²) in [6.45, 7) is 3.26. The summed E-state index contributed by atoms with van der Waals surface area (Å²) in [5.74, 6) is -0.902. The fraction of sp³-hybridized carbons (Fsp3) is 0.192. The molecule has 0 aliphatic carbocycles. The first-order valence-electron chi connectivity index (χ1n) is 10.6. The molecule has 0 aliphatic rings. The minimum atomic E-state index is -0.932. The van der Waals surface area contributed by atoms with Crippen molar-refractivity contribution in [3.63, 3.8) is 0 Å². The Morgan fingerprint density at radius 1 is 0.938 bits per heavy atom. The first-order valence-corrected chi connectivity index (χ1v) is 10.6. The van der Waals surface area contributed by atoms with E-state index in [4.69, 9.17) is 5.11 Å². The standard InChI is InChI=1S/C26H25N3O3/c1-19-9-11-21(12-10-19)25(30)24-8-4-15-28(24)14-3-7-23-13-16-29(27-23)18-20-5-2-6-22(17-20)26(31)32/h2,4-6,8-13,15-17H,3,7,14,18H2,1H3,(H,31,32). The van der Waals surface area contributed by atoms with Crippen LogP contribution in [0.3, 0.4) is 0 Å². The first kappa shape index (κ1) is 21.3. The van der Waals surface area contributed by atoms with Gasteiger partial charge in [-0.25, -0.2) is 4.79 Å². The van der Waals surface area contributed by atoms with Crippen molar-refractivity contribution in [1.29, 1.82) is 0 Å². The van der Waals surface area contributed by atoms with E-state index in [-0.39, 0.29) is 11.3 Å². The van der Waals surface area contributed by atoms with Gasteiger partial charge in [-0.1, -0.05) is 42.0 Å². The molecule has 0 radical (unpaired) electrons. The summed E-state index contributed by atoms with van der Waals surface area (Å²) in [5.41, 5.74) is 4.66. The van der Waals surface area contributed by atoms with Gasteiger partial charge in [-0.2, -0.15) is 5.10 Å². The Hall–Kier alpha value is -3.93. The fourth-order valence-electron chi connectivity index (χ4n) is 3.71. The van der Waals surface area contributed by atoms with Gasteiger partial charge in [0.25, 0.3) is 0 Å². The molecule has 2 aromatic heterocycles. The highest BCUT2D eigenvalue weighted by Crippen LogP contribution is 2.14. The van der Waals surface area contributed by atoms with Crippen molar-refractivity contribution in [3.05, 3.63) is 113 Å². The number of benzene rings is 2. The van der Waals surface area contributed by atoms with Crippen molar-refractivity contribution in [2.75, 3.05) is 0 Å². The summed E-state index contributed by atoms with van der Waals surface area (Å²) >= 11 is 0. The van der Waals surface area contributed by atoms with Gasteiger partial charge >= 0.3 is 5.97 Å². The Morgan fingerprint density at radius 2 is 1.75 bits per heavy atom. The zero-order valence-electron chi connectivity index (χ0n) is 17.9. The molecule has 0 aliphatic heterocycles. The van der Waals surface area contributed by atoms with E-state index in [1.165, 1.54) is 0 Å². The van der Waals surface area contributed by atoms with Crippen LogP contribution in [0.1, 0.15) is 49.7 Å². The highest BCUT2D eigenvalue weighted by Gasteiger charge is 2.13. The molecule has 1 N–H and O–H groups in total. The fourth-order valence-corrected chi connectivity index (χ4v) is 3.71. The molecule has 2 aromatic carbocycles. The number of hydrogen-bond donors (Lipinski definition) is 1. The number of hydrogen-bond acceptors (Lipinski definition) is 3. The maximum atomic E-state index is 12.8. The minimum absolute atomic E-state index is 0.0304. The molecule has 0 amide bonds. The first-order chi connectivity index (χ1) is 15.5. The lowest BCUT2D eigenvalue weighted by molar-refractivity contribution is 0.0696. The molecule has 2 heterocycles. The van der Waals surface area contributed by atoms with E-state index in [0.717, 1.165) is 36.2 Å². The quantitative estimate of drug-likeness (QED) is 0.396. The van der Waals surface area contributed by atoms with E-state index < -0.39 is 5.97 Å². The van der Waals surface area contributed by atoms with Crippen molar-refractivity contribution in [2.24, 2.45) is 0 Å². The van der Waals surface area contributed by atoms with Crippen LogP contribution < -0.4 is 0 Å². The monoisotopic (exact) mass is 427 g/mol. The van der Waals surface area contributed by atoms with Gasteiger partial charge in [0, 0.05) is 24.5 Å². The summed E-state index contributed by atoms with van der Waals surface area (Å²) in [5, 5.41) is 13.7. The van der Waals surface area contributed by atoms with E-state index in [9.17, 15) is 9.59 Å². The Balaban J connectivity index is 1.34. The van der Waals surface area contributed by atoms with Crippen molar-refractivity contribution < 1.29 is 14.7 Å². The van der Waals surface area contributed by atoms with Crippen LogP contribution in [0.2, 0.25) is 0 Å². The van der Waals surface area contributed by atoms with Crippen molar-refractivity contribution in [1.82, 2.24) is 14.3 Å². The number of carbonyl (C=O) groups is 2. The van der Waals surface area contributed by atoms with Crippen LogP contribution in [0.25, 0.3) is 0 Å². The number of carboxylic acid groups (broad SMARTS) is 1. The normalized spacial score (nSPS) is 10.9. The van der Waals surface area contributed by atoms with Crippen molar-refractivity contribution in [2.45, 2.75) is 32.9 Å². The van der Waals surface area contributed by atoms with Crippen LogP contribution in [0.15, 0.2) is 79.1 Å². The van der Waals surface area contributed by atoms with E-state index >= 15 is 0 Å². The number of aromatic nitrogens is 3. The van der Waals surface area contributed by atoms with Gasteiger partial charge in [0.2, 0.25) is 5.78 Å². The maximum Gasteiger partial charge on any atom is 0.335 e. The third-order valence-electron chi connectivity index (χ3n) is 5.42. The number of carboxylic acids is 1. The lowest BCUT2D eigenvalue weighted by Gasteiger charge is -2.08. The van der Waals surface area contributed by atoms with Crippen LogP contribution in [-0.4, -0.2) is 31.2 Å². The second-order valence-corrected chi connectivity index (χ2v) is 7.90. The molecule has 162 valence electrons. The number of carbonyl (C=O) groups excluding carboxylic acids is 1. The maximum absolute atomic E-state index is 12.8. The Morgan fingerprint density at radius 3 is 2.53 bits per heavy atom. The Kier molecular flexibility index (Phi) is 6.31. The highest BCUT2D eigenvalue weighted by atomic mass is 16.4. The minimum Gasteiger partial charge on any atom is -0.478 e. The van der Waals surface area contributed by atoms with Crippen LogP contribution in [0.4, 0.5) is 0 Å². The molecule has 0 bridgehead atoms. The molecule has 6 heteroatoms. The molecular weight excluding hydrogens is 402 g/mol. The summed E-state index contributed by atoms with van der Waals surface area (Å²) in [6, 6.07) is 20.3. The van der Waals surface area contributed by atoms with Crippen LogP contribution in [-0.2, 0) is 19.5 Å². The van der Waals surface area contributed by atoms with E-state index in [2.05, 4.69) is 5.10 Å². The number of rotatable bonds is 9. The van der Waals surface area contributed by atoms with Gasteiger partial charge in [0.05, 0.1) is 23.5 Å². The Labute approximate surface area is 186 Å². The highest BCUT2D eigenvalue weighted by molar-refractivity contribution is 6.08. The van der Waals surface area contributed by atoms with Gasteiger partial charge in [-0.05, 0) is 55.7 Å². The lowest BCUT2D eigenvalue weighted by atomic mass is 10.1. The van der Waals surface area contributed by atoms with Crippen LogP contribution in [0.5, 0.6) is 0 Å². The SMILES string of the molecule is Cc1ccc(C(=O)c2cccn2CCCc2ccn(Cc3cccc(C(=O)O)c3)n2)cc1. The lowest BCUT2D eigenvalue weighted by Crippen LogP contribution is -2.10. The van der Waals surface area contributed by atoms with E-state index in [0.29, 0.717) is 17.8 Å². The number of ketones is 1. The summed E-state index contributed by atoms with van der Waals surface area (Å²) in [4.78, 5) is 24.0. The number of aromatic carboxylic acids is 1. The molecule has 4 aromatic rings. The average Bonchev–Trinajstić information content (AvgIpc) is 3.43. The molecule has 0 saturated heterocycles. The molecule has 0 fully saturated rings. The third-order valence-corrected chi connectivity index (χ3v) is 5.42. The van der Waals surface area contributed by atoms with Crippen LogP contribution in [0, 0.1) is 6.92 Å². The average molecular weight is 428 g/mol. The van der Waals surface area contributed by atoms with Gasteiger partial charge in [-0.3, -0.25) is 9.48 Å². The second kappa shape index (κ2) is 9.47. The van der Waals surface area contributed by atoms with E-state index in [1.807, 2.05) is 77.1 Å².